The Balaban J connectivity index is 1.62. The summed E-state index contributed by atoms with van der Waals surface area (Å²) in [5.74, 6) is -5.49. The standard InChI is InChI=1S/C20H13F7N2O2/c21-14-5-13(6-15(22)17(14)23)19(20(25,26)27)7-16(28-31-19)11-1-3-12(4-2-11)18(24)8-29(9-18)10-30/h1-6,10H,7-9H2. The largest absolute Gasteiger partial charge is 0.435 e. The van der Waals surface area contributed by atoms with Gasteiger partial charge in [-0.25, -0.2) is 17.6 Å². The van der Waals surface area contributed by atoms with Gasteiger partial charge in [0.2, 0.25) is 6.41 Å². The van der Waals surface area contributed by atoms with E-state index in [0.717, 1.165) is 0 Å². The number of amides is 1. The molecule has 4 nitrogen and oxygen atoms in total. The van der Waals surface area contributed by atoms with Gasteiger partial charge < -0.3 is 9.74 Å². The van der Waals surface area contributed by atoms with Crippen LogP contribution >= 0.6 is 0 Å². The number of halogens is 7. The van der Waals surface area contributed by atoms with E-state index in [-0.39, 0.29) is 42.1 Å². The van der Waals surface area contributed by atoms with Crippen molar-refractivity contribution in [3.63, 3.8) is 0 Å². The second-order valence-electron chi connectivity index (χ2n) is 7.44. The zero-order valence-electron chi connectivity index (χ0n) is 15.5. The smallest absolute Gasteiger partial charge is 0.374 e. The van der Waals surface area contributed by atoms with E-state index in [1.54, 1.807) is 0 Å². The quantitative estimate of drug-likeness (QED) is 0.399. The maximum absolute atomic E-state index is 14.7. The first-order chi connectivity index (χ1) is 14.5. The maximum atomic E-state index is 14.7. The van der Waals surface area contributed by atoms with Crippen LogP contribution in [0.4, 0.5) is 30.7 Å². The van der Waals surface area contributed by atoms with E-state index in [1.165, 1.54) is 29.2 Å². The molecule has 1 amide bonds. The molecule has 2 aliphatic heterocycles. The fourth-order valence-electron chi connectivity index (χ4n) is 3.66. The zero-order valence-corrected chi connectivity index (χ0v) is 15.5. The van der Waals surface area contributed by atoms with Crippen molar-refractivity contribution in [3.8, 4) is 0 Å². The predicted octanol–water partition coefficient (Wildman–Crippen LogP) is 4.32. The molecular formula is C20H13F7N2O2. The summed E-state index contributed by atoms with van der Waals surface area (Å²) < 4.78 is 96.7. The fraction of sp³-hybridized carbons (Fsp3) is 0.300. The molecule has 164 valence electrons. The highest BCUT2D eigenvalue weighted by molar-refractivity contribution is 6.01. The van der Waals surface area contributed by atoms with Crippen LogP contribution in [0.5, 0.6) is 0 Å². The Morgan fingerprint density at radius 1 is 1.00 bits per heavy atom. The number of hydrogen-bond acceptors (Lipinski definition) is 3. The van der Waals surface area contributed by atoms with Gasteiger partial charge in [-0.1, -0.05) is 29.4 Å². The zero-order chi connectivity index (χ0) is 22.6. The molecule has 2 heterocycles. The highest BCUT2D eigenvalue weighted by Gasteiger charge is 2.62. The molecular weight excluding hydrogens is 433 g/mol. The van der Waals surface area contributed by atoms with Crippen molar-refractivity contribution < 1.29 is 40.4 Å². The van der Waals surface area contributed by atoms with Crippen molar-refractivity contribution in [1.82, 2.24) is 4.90 Å². The average Bonchev–Trinajstić information content (AvgIpc) is 3.16. The monoisotopic (exact) mass is 446 g/mol. The van der Waals surface area contributed by atoms with E-state index in [2.05, 4.69) is 9.99 Å². The number of oxime groups is 1. The third-order valence-electron chi connectivity index (χ3n) is 5.43. The number of likely N-dealkylation sites (tertiary alicyclic amines) is 1. The van der Waals surface area contributed by atoms with E-state index >= 15 is 0 Å². The Morgan fingerprint density at radius 3 is 2.10 bits per heavy atom. The van der Waals surface area contributed by atoms with Crippen molar-refractivity contribution in [3.05, 3.63) is 70.5 Å². The van der Waals surface area contributed by atoms with Crippen LogP contribution in [-0.2, 0) is 20.9 Å². The van der Waals surface area contributed by atoms with Crippen molar-refractivity contribution in [1.29, 1.82) is 0 Å². The Morgan fingerprint density at radius 2 is 1.58 bits per heavy atom. The van der Waals surface area contributed by atoms with Crippen LogP contribution in [0.15, 0.2) is 41.6 Å². The summed E-state index contributed by atoms with van der Waals surface area (Å²) in [6.45, 7) is -0.280. The van der Waals surface area contributed by atoms with Gasteiger partial charge in [-0.05, 0) is 23.3 Å². The molecule has 1 unspecified atom stereocenters. The lowest BCUT2D eigenvalue weighted by Crippen LogP contribution is -2.55. The lowest BCUT2D eigenvalue weighted by molar-refractivity contribution is -0.276. The number of benzene rings is 2. The maximum Gasteiger partial charge on any atom is 0.435 e. The van der Waals surface area contributed by atoms with Crippen molar-refractivity contribution in [2.75, 3.05) is 13.1 Å². The van der Waals surface area contributed by atoms with Crippen LogP contribution in [-0.4, -0.2) is 36.3 Å². The summed E-state index contributed by atoms with van der Waals surface area (Å²) in [5, 5.41) is 3.45. The van der Waals surface area contributed by atoms with Crippen LogP contribution in [0.1, 0.15) is 23.1 Å². The van der Waals surface area contributed by atoms with Crippen LogP contribution in [0.25, 0.3) is 0 Å². The van der Waals surface area contributed by atoms with Gasteiger partial charge in [0.05, 0.1) is 18.8 Å². The Kier molecular flexibility index (Phi) is 4.74. The van der Waals surface area contributed by atoms with E-state index in [9.17, 15) is 35.5 Å². The highest BCUT2D eigenvalue weighted by atomic mass is 19.4. The van der Waals surface area contributed by atoms with Crippen LogP contribution in [0, 0.1) is 17.5 Å². The SMILES string of the molecule is O=CN1CC(F)(c2ccc(C3=NOC(c4cc(F)c(F)c(F)c4)(C(F)(F)F)C3)cc2)C1. The molecule has 0 aromatic heterocycles. The van der Waals surface area contributed by atoms with Gasteiger partial charge in [0.25, 0.3) is 5.60 Å². The van der Waals surface area contributed by atoms with Gasteiger partial charge in [-0.2, -0.15) is 13.2 Å². The Hall–Kier alpha value is -3.11. The van der Waals surface area contributed by atoms with Gasteiger partial charge in [-0.15, -0.1) is 0 Å². The molecule has 2 aromatic rings. The minimum Gasteiger partial charge on any atom is -0.374 e. The molecule has 0 N–H and O–H groups in total. The first kappa shape index (κ1) is 21.1. The minimum atomic E-state index is -5.14. The summed E-state index contributed by atoms with van der Waals surface area (Å²) >= 11 is 0. The van der Waals surface area contributed by atoms with Gasteiger partial charge in [0.1, 0.15) is 0 Å². The second kappa shape index (κ2) is 6.96. The minimum absolute atomic E-state index is 0.140. The first-order valence-electron chi connectivity index (χ1n) is 8.95. The summed E-state index contributed by atoms with van der Waals surface area (Å²) in [6.07, 6.45) is -5.56. The van der Waals surface area contributed by atoms with Crippen LogP contribution in [0.3, 0.4) is 0 Å². The molecule has 4 rings (SSSR count). The number of nitrogens with zero attached hydrogens (tertiary/aromatic N) is 2. The molecule has 0 spiro atoms. The average molecular weight is 446 g/mol. The lowest BCUT2D eigenvalue weighted by atomic mass is 9.85. The molecule has 1 atom stereocenters. The molecule has 2 aromatic carbocycles. The molecule has 1 saturated heterocycles. The molecule has 0 radical (unpaired) electrons. The van der Waals surface area contributed by atoms with E-state index in [0.29, 0.717) is 6.41 Å². The number of rotatable bonds is 4. The second-order valence-corrected chi connectivity index (χ2v) is 7.44. The van der Waals surface area contributed by atoms with Gasteiger partial charge in [0, 0.05) is 12.0 Å². The summed E-state index contributed by atoms with van der Waals surface area (Å²) in [7, 11) is 0. The summed E-state index contributed by atoms with van der Waals surface area (Å²) in [6, 6.07) is 5.81. The summed E-state index contributed by atoms with van der Waals surface area (Å²) in [5.41, 5.74) is -5.72. The third-order valence-corrected chi connectivity index (χ3v) is 5.43. The van der Waals surface area contributed by atoms with E-state index in [1.807, 2.05) is 0 Å². The number of alkyl halides is 4. The van der Waals surface area contributed by atoms with Crippen molar-refractivity contribution >= 4 is 12.1 Å². The van der Waals surface area contributed by atoms with Crippen LogP contribution in [0.2, 0.25) is 0 Å². The molecule has 11 heteroatoms. The van der Waals surface area contributed by atoms with Crippen LogP contribution < -0.4 is 0 Å². The fourth-order valence-corrected chi connectivity index (χ4v) is 3.66. The number of carbonyl (C=O) groups excluding carboxylic acids is 1. The molecule has 0 saturated carbocycles. The lowest BCUT2D eigenvalue weighted by Gasteiger charge is -2.42. The molecule has 31 heavy (non-hydrogen) atoms. The highest BCUT2D eigenvalue weighted by Crippen LogP contribution is 2.49. The Labute approximate surface area is 170 Å². The molecule has 0 aliphatic carbocycles. The number of hydrogen-bond donors (Lipinski definition) is 0. The normalized spacial score (nSPS) is 22.5. The Bertz CT molecular complexity index is 1040. The molecule has 2 aliphatic rings. The van der Waals surface area contributed by atoms with Gasteiger partial charge in [0.15, 0.2) is 23.1 Å². The number of carbonyl (C=O) groups is 1. The topological polar surface area (TPSA) is 41.9 Å². The van der Waals surface area contributed by atoms with Gasteiger partial charge in [-0.3, -0.25) is 4.79 Å². The van der Waals surface area contributed by atoms with Crippen molar-refractivity contribution in [2.45, 2.75) is 23.9 Å². The predicted molar refractivity (Wildman–Crippen MR) is 93.2 cm³/mol. The van der Waals surface area contributed by atoms with Gasteiger partial charge >= 0.3 is 6.18 Å². The third kappa shape index (κ3) is 3.31. The first-order valence-corrected chi connectivity index (χ1v) is 8.95. The molecule has 1 fully saturated rings. The van der Waals surface area contributed by atoms with Crippen molar-refractivity contribution in [2.24, 2.45) is 5.16 Å². The molecule has 0 bridgehead atoms. The van der Waals surface area contributed by atoms with E-state index < -0.39 is 46.9 Å². The summed E-state index contributed by atoms with van der Waals surface area (Å²) in [4.78, 5) is 16.5. The van der Waals surface area contributed by atoms with E-state index in [4.69, 9.17) is 0 Å².